The number of nitrogens with two attached hydrogens (primary N) is 1. The Morgan fingerprint density at radius 1 is 1.08 bits per heavy atom. The number of carbonyl (C=O) groups excluding carboxylic acids is 1. The summed E-state index contributed by atoms with van der Waals surface area (Å²) in [6.07, 6.45) is 7.85. The second-order valence-corrected chi connectivity index (χ2v) is 6.69. The summed E-state index contributed by atoms with van der Waals surface area (Å²) in [6.45, 7) is 0.643. The number of carbonyl (C=O) groups is 1. The van der Waals surface area contributed by atoms with Crippen LogP contribution in [0.4, 0.5) is 5.69 Å². The second-order valence-electron chi connectivity index (χ2n) is 6.69. The van der Waals surface area contributed by atoms with Gasteiger partial charge < -0.3 is 15.5 Å². The van der Waals surface area contributed by atoms with Crippen LogP contribution in [0.2, 0.25) is 0 Å². The summed E-state index contributed by atoms with van der Waals surface area (Å²) in [6, 6.07) is 13.4. The van der Waals surface area contributed by atoms with Crippen LogP contribution in [0.1, 0.15) is 40.0 Å². The molecule has 0 atom stereocenters. The zero-order valence-electron chi connectivity index (χ0n) is 14.3. The van der Waals surface area contributed by atoms with E-state index in [0.717, 1.165) is 19.3 Å². The van der Waals surface area contributed by atoms with Crippen molar-refractivity contribution in [1.29, 1.82) is 0 Å². The van der Waals surface area contributed by atoms with Crippen LogP contribution in [-0.4, -0.2) is 16.9 Å². The van der Waals surface area contributed by atoms with Gasteiger partial charge in [-0.3, -0.25) is 4.79 Å². The van der Waals surface area contributed by atoms with Crippen LogP contribution in [0.5, 0.6) is 0 Å². The smallest absolute Gasteiger partial charge is 0.251 e. The minimum Gasteiger partial charge on any atom is -0.399 e. The first-order valence-corrected chi connectivity index (χ1v) is 8.97. The quantitative estimate of drug-likeness (QED) is 0.719. The molecule has 3 aromatic rings. The maximum absolute atomic E-state index is 12.3. The van der Waals surface area contributed by atoms with Crippen molar-refractivity contribution in [3.05, 3.63) is 71.0 Å². The zero-order valence-corrected chi connectivity index (χ0v) is 14.3. The highest BCUT2D eigenvalue weighted by molar-refractivity contribution is 5.94. The van der Waals surface area contributed by atoms with Crippen molar-refractivity contribution < 1.29 is 4.79 Å². The van der Waals surface area contributed by atoms with Gasteiger partial charge in [0.25, 0.3) is 5.91 Å². The minimum absolute atomic E-state index is 0.0441. The van der Waals surface area contributed by atoms with E-state index in [1.165, 1.54) is 35.2 Å². The van der Waals surface area contributed by atoms with Gasteiger partial charge in [0.15, 0.2) is 0 Å². The van der Waals surface area contributed by atoms with Crippen LogP contribution in [0, 0.1) is 0 Å². The molecule has 1 aliphatic rings. The van der Waals surface area contributed by atoms with Gasteiger partial charge in [-0.2, -0.15) is 0 Å². The molecule has 4 heteroatoms. The number of aryl methyl sites for hydroxylation is 1. The Kier molecular flexibility index (Phi) is 4.18. The maximum Gasteiger partial charge on any atom is 0.251 e. The zero-order chi connectivity index (χ0) is 17.2. The molecule has 0 fully saturated rings. The largest absolute Gasteiger partial charge is 0.399 e. The fraction of sp³-hybridized carbons (Fsp3) is 0.286. The minimum atomic E-state index is -0.0441. The first-order valence-electron chi connectivity index (χ1n) is 8.97. The molecule has 1 aromatic carbocycles. The predicted octanol–water partition coefficient (Wildman–Crippen LogP) is 3.37. The predicted molar refractivity (Wildman–Crippen MR) is 101 cm³/mol. The Hall–Kier alpha value is -2.75. The molecule has 25 heavy (non-hydrogen) atoms. The van der Waals surface area contributed by atoms with E-state index in [1.54, 1.807) is 24.3 Å². The third-order valence-corrected chi connectivity index (χ3v) is 5.10. The summed E-state index contributed by atoms with van der Waals surface area (Å²) in [4.78, 5) is 12.3. The molecule has 3 N–H and O–H groups in total. The Morgan fingerprint density at radius 2 is 1.88 bits per heavy atom. The Morgan fingerprint density at radius 3 is 2.72 bits per heavy atom. The monoisotopic (exact) mass is 333 g/mol. The van der Waals surface area contributed by atoms with Gasteiger partial charge in [0.1, 0.15) is 0 Å². The highest BCUT2D eigenvalue weighted by Crippen LogP contribution is 2.30. The summed E-state index contributed by atoms with van der Waals surface area (Å²) in [7, 11) is 0. The molecular weight excluding hydrogens is 310 g/mol. The van der Waals surface area contributed by atoms with E-state index in [9.17, 15) is 4.79 Å². The van der Waals surface area contributed by atoms with Gasteiger partial charge >= 0.3 is 0 Å². The van der Waals surface area contributed by atoms with Crippen molar-refractivity contribution in [3.63, 3.8) is 0 Å². The number of benzene rings is 1. The Balaban J connectivity index is 1.51. The van der Waals surface area contributed by atoms with E-state index in [-0.39, 0.29) is 5.91 Å². The van der Waals surface area contributed by atoms with Crippen LogP contribution in [0.25, 0.3) is 5.52 Å². The second kappa shape index (κ2) is 6.63. The average Bonchev–Trinajstić information content (AvgIpc) is 2.97. The molecule has 0 aliphatic heterocycles. The van der Waals surface area contributed by atoms with Gasteiger partial charge in [0.05, 0.1) is 0 Å². The lowest BCUT2D eigenvalue weighted by molar-refractivity contribution is 0.0954. The Labute approximate surface area is 147 Å². The van der Waals surface area contributed by atoms with E-state index >= 15 is 0 Å². The maximum atomic E-state index is 12.3. The van der Waals surface area contributed by atoms with E-state index in [0.29, 0.717) is 17.8 Å². The third kappa shape index (κ3) is 3.00. The summed E-state index contributed by atoms with van der Waals surface area (Å²) in [5.74, 6) is -0.0441. The van der Waals surface area contributed by atoms with Crippen LogP contribution in [0.15, 0.2) is 48.7 Å². The number of rotatable bonds is 4. The molecule has 128 valence electrons. The molecule has 0 spiro atoms. The number of nitrogens with one attached hydrogen (secondary N) is 1. The fourth-order valence-corrected chi connectivity index (χ4v) is 3.88. The van der Waals surface area contributed by atoms with Gasteiger partial charge in [-0.1, -0.05) is 6.07 Å². The Bertz CT molecular complexity index is 909. The van der Waals surface area contributed by atoms with Crippen molar-refractivity contribution in [2.45, 2.75) is 32.1 Å². The normalized spacial score (nSPS) is 13.6. The summed E-state index contributed by atoms with van der Waals surface area (Å²) in [5.41, 5.74) is 12.6. The van der Waals surface area contributed by atoms with Gasteiger partial charge in [0, 0.05) is 35.2 Å². The molecule has 0 saturated carbocycles. The van der Waals surface area contributed by atoms with Gasteiger partial charge in [-0.25, -0.2) is 0 Å². The van der Waals surface area contributed by atoms with Crippen LogP contribution >= 0.6 is 0 Å². The molecular formula is C21H23N3O. The van der Waals surface area contributed by atoms with Gasteiger partial charge in [0.2, 0.25) is 0 Å². The number of aromatic nitrogens is 1. The highest BCUT2D eigenvalue weighted by atomic mass is 16.1. The molecule has 0 radical (unpaired) electrons. The fourth-order valence-electron chi connectivity index (χ4n) is 3.88. The van der Waals surface area contributed by atoms with Crippen molar-refractivity contribution in [1.82, 2.24) is 9.72 Å². The molecule has 0 saturated heterocycles. The summed E-state index contributed by atoms with van der Waals surface area (Å²) < 4.78 is 2.34. The van der Waals surface area contributed by atoms with E-state index in [2.05, 4.69) is 34.1 Å². The van der Waals surface area contributed by atoms with Crippen molar-refractivity contribution >= 4 is 17.1 Å². The molecule has 4 nitrogen and oxygen atoms in total. The first kappa shape index (κ1) is 15.8. The SMILES string of the molecule is Nc1ccc(C(=O)NCCc2c3c(n4ccccc24)CCCC3)cc1. The van der Waals surface area contributed by atoms with E-state index < -0.39 is 0 Å². The van der Waals surface area contributed by atoms with Crippen molar-refractivity contribution in [2.75, 3.05) is 12.3 Å². The standard InChI is InChI=1S/C21H23N3O/c22-16-10-8-15(9-11-16)21(25)23-13-12-18-17-5-1-2-6-19(17)24-14-4-3-7-20(18)24/h3-4,7-11,14H,1-2,5-6,12-13,22H2,(H,23,25). The first-order chi connectivity index (χ1) is 12.2. The topological polar surface area (TPSA) is 59.5 Å². The van der Waals surface area contributed by atoms with Gasteiger partial charge in [-0.05, 0) is 79.6 Å². The van der Waals surface area contributed by atoms with Crippen molar-refractivity contribution in [3.8, 4) is 0 Å². The van der Waals surface area contributed by atoms with Crippen molar-refractivity contribution in [2.24, 2.45) is 0 Å². The molecule has 2 heterocycles. The summed E-state index contributed by atoms with van der Waals surface area (Å²) in [5, 5.41) is 3.04. The molecule has 1 amide bonds. The number of hydrogen-bond donors (Lipinski definition) is 2. The molecule has 1 aliphatic carbocycles. The van der Waals surface area contributed by atoms with Crippen LogP contribution in [-0.2, 0) is 19.3 Å². The van der Waals surface area contributed by atoms with E-state index in [4.69, 9.17) is 5.73 Å². The molecule has 0 bridgehead atoms. The number of amides is 1. The summed E-state index contributed by atoms with van der Waals surface area (Å²) >= 11 is 0. The molecule has 0 unspecified atom stereocenters. The number of fused-ring (bicyclic) bond motifs is 3. The lowest BCUT2D eigenvalue weighted by Crippen LogP contribution is -2.25. The number of nitrogen functional groups attached to an aromatic ring is 1. The lowest BCUT2D eigenvalue weighted by atomic mass is 9.93. The van der Waals surface area contributed by atoms with E-state index in [1.807, 2.05) is 0 Å². The number of nitrogens with zero attached hydrogens (tertiary/aromatic N) is 1. The lowest BCUT2D eigenvalue weighted by Gasteiger charge is -2.13. The number of pyridine rings is 1. The van der Waals surface area contributed by atoms with Crippen LogP contribution < -0.4 is 11.1 Å². The van der Waals surface area contributed by atoms with Crippen LogP contribution in [0.3, 0.4) is 0 Å². The number of hydrogen-bond acceptors (Lipinski definition) is 2. The number of anilines is 1. The molecule has 4 rings (SSSR count). The average molecular weight is 333 g/mol. The molecule has 2 aromatic heterocycles. The van der Waals surface area contributed by atoms with Gasteiger partial charge in [-0.15, -0.1) is 0 Å². The highest BCUT2D eigenvalue weighted by Gasteiger charge is 2.20. The third-order valence-electron chi connectivity index (χ3n) is 5.10.